The van der Waals surface area contributed by atoms with Gasteiger partial charge in [-0.25, -0.2) is 23.5 Å². The van der Waals surface area contributed by atoms with Crippen molar-refractivity contribution < 1.29 is 9.90 Å². The molecule has 0 saturated carbocycles. The number of carboxylic acids is 1. The van der Waals surface area contributed by atoms with Gasteiger partial charge in [0.1, 0.15) is 0 Å². The average molecular weight is 485 g/mol. The molecule has 1 heterocycles. The fourth-order valence-electron chi connectivity index (χ4n) is 4.02. The summed E-state index contributed by atoms with van der Waals surface area (Å²) in [6.45, 7) is 6.92. The number of hydrogen-bond acceptors (Lipinski definition) is 5. The molecular weight excluding hydrogens is 456 g/mol. The summed E-state index contributed by atoms with van der Waals surface area (Å²) >= 11 is 0. The van der Waals surface area contributed by atoms with Gasteiger partial charge in [0.25, 0.3) is 0 Å². The zero-order chi connectivity index (χ0) is 25.8. The van der Waals surface area contributed by atoms with E-state index in [9.17, 15) is 19.5 Å². The highest BCUT2D eigenvalue weighted by Gasteiger charge is 2.20. The minimum atomic E-state index is -1.06. The molecule has 3 aromatic carbocycles. The molecule has 0 aliphatic heterocycles. The van der Waals surface area contributed by atoms with Gasteiger partial charge >= 0.3 is 17.3 Å². The predicted octanol–water partition coefficient (Wildman–Crippen LogP) is 3.78. The van der Waals surface area contributed by atoms with Gasteiger partial charge in [0.15, 0.2) is 0 Å². The third-order valence-corrected chi connectivity index (χ3v) is 6.21. The van der Waals surface area contributed by atoms with Gasteiger partial charge in [0.2, 0.25) is 5.95 Å². The van der Waals surface area contributed by atoms with E-state index in [-0.39, 0.29) is 18.1 Å². The number of anilines is 1. The predicted molar refractivity (Wildman–Crippen MR) is 139 cm³/mol. The van der Waals surface area contributed by atoms with Gasteiger partial charge in [0, 0.05) is 13.1 Å². The molecule has 36 heavy (non-hydrogen) atoms. The van der Waals surface area contributed by atoms with E-state index in [4.69, 9.17) is 0 Å². The van der Waals surface area contributed by atoms with Crippen LogP contribution in [-0.4, -0.2) is 31.7 Å². The first-order valence-corrected chi connectivity index (χ1v) is 11.7. The summed E-state index contributed by atoms with van der Waals surface area (Å²) in [6.07, 6.45) is 0. The number of benzene rings is 3. The quantitative estimate of drug-likeness (QED) is 0.409. The average Bonchev–Trinajstić information content (AvgIpc) is 2.87. The number of carbonyl (C=O) groups is 1. The lowest BCUT2D eigenvalue weighted by molar-refractivity contribution is 0.0697. The highest BCUT2D eigenvalue weighted by molar-refractivity contribution is 5.87. The van der Waals surface area contributed by atoms with Crippen LogP contribution in [0.1, 0.15) is 39.5 Å². The van der Waals surface area contributed by atoms with Crippen LogP contribution in [0.4, 0.5) is 5.95 Å². The molecule has 0 amide bonds. The van der Waals surface area contributed by atoms with Crippen molar-refractivity contribution in [2.24, 2.45) is 0 Å². The Bertz CT molecular complexity index is 1510. The third kappa shape index (κ3) is 5.12. The molecule has 1 aromatic heterocycles. The van der Waals surface area contributed by atoms with Crippen LogP contribution in [0.15, 0.2) is 82.4 Å². The van der Waals surface area contributed by atoms with Gasteiger partial charge in [-0.05, 0) is 67.3 Å². The lowest BCUT2D eigenvalue weighted by Gasteiger charge is -2.25. The smallest absolute Gasteiger partial charge is 0.355 e. The minimum absolute atomic E-state index is 0.0735. The van der Waals surface area contributed by atoms with Crippen LogP contribution in [0, 0.1) is 13.8 Å². The second-order valence-corrected chi connectivity index (χ2v) is 8.67. The topological polar surface area (TPSA) is 97.4 Å². The molecule has 0 radical (unpaired) electrons. The maximum atomic E-state index is 13.8. The summed E-state index contributed by atoms with van der Waals surface area (Å²) in [7, 11) is 0. The van der Waals surface area contributed by atoms with Gasteiger partial charge in [-0.2, -0.15) is 4.98 Å². The number of aryl methyl sites for hydroxylation is 2. The van der Waals surface area contributed by atoms with Gasteiger partial charge in [0.05, 0.1) is 17.8 Å². The SMILES string of the molecule is CCN(Cc1ccccc1)c1nc(=O)n(Cc2ccc(C)c(C)c2)c(=O)n1-c1ccc(C(=O)O)cc1. The monoisotopic (exact) mass is 484 g/mol. The van der Waals surface area contributed by atoms with Crippen molar-refractivity contribution in [1.29, 1.82) is 0 Å². The van der Waals surface area contributed by atoms with Crippen LogP contribution >= 0.6 is 0 Å². The molecule has 4 rings (SSSR count). The zero-order valence-electron chi connectivity index (χ0n) is 20.5. The molecule has 0 fully saturated rings. The highest BCUT2D eigenvalue weighted by atomic mass is 16.4. The van der Waals surface area contributed by atoms with Crippen LogP contribution in [0.2, 0.25) is 0 Å². The molecule has 0 saturated heterocycles. The maximum Gasteiger partial charge on any atom is 0.355 e. The number of hydrogen-bond donors (Lipinski definition) is 1. The van der Waals surface area contributed by atoms with E-state index < -0.39 is 17.3 Å². The van der Waals surface area contributed by atoms with E-state index in [0.717, 1.165) is 26.8 Å². The molecule has 8 nitrogen and oxygen atoms in total. The number of nitrogens with zero attached hydrogens (tertiary/aromatic N) is 4. The number of carboxylic acid groups (broad SMARTS) is 1. The Balaban J connectivity index is 1.88. The molecule has 0 atom stereocenters. The summed E-state index contributed by atoms with van der Waals surface area (Å²) in [5.74, 6) is -0.859. The van der Waals surface area contributed by atoms with Gasteiger partial charge in [-0.3, -0.25) is 0 Å². The Labute approximate surface area is 208 Å². The molecule has 0 spiro atoms. The van der Waals surface area contributed by atoms with Crippen molar-refractivity contribution in [2.45, 2.75) is 33.9 Å². The van der Waals surface area contributed by atoms with Crippen molar-refractivity contribution in [3.05, 3.63) is 122 Å². The first kappa shape index (κ1) is 24.7. The third-order valence-electron chi connectivity index (χ3n) is 6.21. The van der Waals surface area contributed by atoms with Crippen molar-refractivity contribution >= 4 is 11.9 Å². The van der Waals surface area contributed by atoms with E-state index in [0.29, 0.717) is 18.8 Å². The summed E-state index contributed by atoms with van der Waals surface area (Å²) < 4.78 is 2.48. The van der Waals surface area contributed by atoms with E-state index in [1.807, 2.05) is 74.2 Å². The summed E-state index contributed by atoms with van der Waals surface area (Å²) in [5.41, 5.74) is 3.34. The molecular formula is C28H28N4O4. The fourth-order valence-corrected chi connectivity index (χ4v) is 4.02. The van der Waals surface area contributed by atoms with E-state index in [1.165, 1.54) is 16.7 Å². The molecule has 8 heteroatoms. The molecule has 0 aliphatic carbocycles. The van der Waals surface area contributed by atoms with Crippen molar-refractivity contribution in [3.63, 3.8) is 0 Å². The summed E-state index contributed by atoms with van der Waals surface area (Å²) in [6, 6.07) is 21.5. The summed E-state index contributed by atoms with van der Waals surface area (Å²) in [4.78, 5) is 44.5. The lowest BCUT2D eigenvalue weighted by atomic mass is 10.1. The first-order chi connectivity index (χ1) is 17.3. The zero-order valence-corrected chi connectivity index (χ0v) is 20.5. The Morgan fingerprint density at radius 3 is 2.22 bits per heavy atom. The fraction of sp³-hybridized carbons (Fsp3) is 0.214. The Hall–Kier alpha value is -4.46. The maximum absolute atomic E-state index is 13.8. The van der Waals surface area contributed by atoms with Crippen LogP contribution in [0.3, 0.4) is 0 Å². The lowest BCUT2D eigenvalue weighted by Crippen LogP contribution is -2.44. The summed E-state index contributed by atoms with van der Waals surface area (Å²) in [5, 5.41) is 9.30. The van der Waals surface area contributed by atoms with E-state index >= 15 is 0 Å². The van der Waals surface area contributed by atoms with Crippen molar-refractivity contribution in [2.75, 3.05) is 11.4 Å². The van der Waals surface area contributed by atoms with Crippen molar-refractivity contribution in [1.82, 2.24) is 14.1 Å². The van der Waals surface area contributed by atoms with E-state index in [2.05, 4.69) is 4.98 Å². The molecule has 0 bridgehead atoms. The molecule has 0 aliphatic rings. The first-order valence-electron chi connectivity index (χ1n) is 11.7. The number of aromatic nitrogens is 3. The number of aromatic carboxylic acids is 1. The molecule has 1 N–H and O–H groups in total. The van der Waals surface area contributed by atoms with E-state index in [1.54, 1.807) is 12.1 Å². The normalized spacial score (nSPS) is 10.9. The van der Waals surface area contributed by atoms with Gasteiger partial charge in [-0.15, -0.1) is 0 Å². The van der Waals surface area contributed by atoms with Crippen LogP contribution in [-0.2, 0) is 13.1 Å². The van der Waals surface area contributed by atoms with Crippen LogP contribution in [0.5, 0.6) is 0 Å². The Morgan fingerprint density at radius 2 is 1.61 bits per heavy atom. The molecule has 4 aromatic rings. The van der Waals surface area contributed by atoms with Crippen molar-refractivity contribution in [3.8, 4) is 5.69 Å². The Morgan fingerprint density at radius 1 is 0.917 bits per heavy atom. The second-order valence-electron chi connectivity index (χ2n) is 8.67. The second kappa shape index (κ2) is 10.4. The van der Waals surface area contributed by atoms with Gasteiger partial charge in [-0.1, -0.05) is 48.5 Å². The highest BCUT2D eigenvalue weighted by Crippen LogP contribution is 2.18. The molecule has 0 unspecified atom stereocenters. The largest absolute Gasteiger partial charge is 0.478 e. The molecule has 184 valence electrons. The van der Waals surface area contributed by atoms with Gasteiger partial charge < -0.3 is 10.0 Å². The Kier molecular flexibility index (Phi) is 7.15. The standard InChI is InChI=1S/C28H28N4O4/c1-4-30(17-21-8-6-5-7-9-21)26-29-27(35)31(18-22-11-10-19(2)20(3)16-22)28(36)32(26)24-14-12-23(13-15-24)25(33)34/h5-16H,4,17-18H2,1-3H3,(H,33,34). The van der Waals surface area contributed by atoms with Crippen LogP contribution < -0.4 is 16.3 Å². The van der Waals surface area contributed by atoms with Crippen LogP contribution in [0.25, 0.3) is 5.69 Å². The number of rotatable bonds is 8. The minimum Gasteiger partial charge on any atom is -0.478 e.